The first-order valence-corrected chi connectivity index (χ1v) is 11.9. The van der Waals surface area contributed by atoms with Gasteiger partial charge in [0.05, 0.1) is 16.1 Å². The van der Waals surface area contributed by atoms with Crippen molar-refractivity contribution in [2.24, 2.45) is 0 Å². The molecule has 2 aliphatic rings. The molecule has 0 radical (unpaired) electrons. The van der Waals surface area contributed by atoms with Crippen LogP contribution >= 0.6 is 23.2 Å². The fraction of sp³-hybridized carbons (Fsp3) is 0.522. The number of piperidine rings is 2. The number of hydrogen-bond donors (Lipinski definition) is 2. The van der Waals surface area contributed by atoms with Crippen molar-refractivity contribution in [3.63, 3.8) is 0 Å². The Balaban J connectivity index is 1.36. The highest BCUT2D eigenvalue weighted by molar-refractivity contribution is 6.42. The van der Waals surface area contributed by atoms with Gasteiger partial charge in [-0.25, -0.2) is 9.97 Å². The minimum Gasteiger partial charge on any atom is -0.393 e. The number of nitrogens with one attached hydrogen (secondary N) is 1. The van der Waals surface area contributed by atoms with Crippen LogP contribution in [0.15, 0.2) is 24.5 Å². The molecule has 3 heterocycles. The van der Waals surface area contributed by atoms with E-state index in [4.69, 9.17) is 23.2 Å². The molecular weight excluding hydrogens is 449 g/mol. The van der Waals surface area contributed by atoms with Gasteiger partial charge in [-0.05, 0) is 50.3 Å². The van der Waals surface area contributed by atoms with Crippen molar-refractivity contribution in [2.45, 2.75) is 51.3 Å². The van der Waals surface area contributed by atoms with Crippen molar-refractivity contribution >= 4 is 34.9 Å². The molecule has 2 aliphatic heterocycles. The number of benzene rings is 1. The van der Waals surface area contributed by atoms with Gasteiger partial charge < -0.3 is 20.2 Å². The molecule has 7 nitrogen and oxygen atoms in total. The molecule has 2 saturated heterocycles. The predicted octanol–water partition coefficient (Wildman–Crippen LogP) is 3.77. The Morgan fingerprint density at radius 2 is 1.81 bits per heavy atom. The first kappa shape index (κ1) is 23.2. The SMILES string of the molecule is Cc1c(NCc2ccc(Cl)c(Cl)c2)ncnc1C(=O)N1CCC(N2CCC(O)CC2)CC1. The molecule has 0 spiro atoms. The molecule has 0 aliphatic carbocycles. The van der Waals surface area contributed by atoms with E-state index in [0.29, 0.717) is 34.1 Å². The summed E-state index contributed by atoms with van der Waals surface area (Å²) in [5.74, 6) is 0.589. The van der Waals surface area contributed by atoms with Crippen molar-refractivity contribution in [3.05, 3.63) is 51.4 Å². The molecule has 1 aromatic carbocycles. The maximum absolute atomic E-state index is 13.2. The smallest absolute Gasteiger partial charge is 0.272 e. The third-order valence-corrected chi connectivity index (χ3v) is 7.24. The van der Waals surface area contributed by atoms with Gasteiger partial charge in [-0.15, -0.1) is 0 Å². The molecule has 0 unspecified atom stereocenters. The summed E-state index contributed by atoms with van der Waals surface area (Å²) >= 11 is 12.1. The van der Waals surface area contributed by atoms with Crippen LogP contribution in [0.2, 0.25) is 10.0 Å². The van der Waals surface area contributed by atoms with Crippen LogP contribution in [0.5, 0.6) is 0 Å². The summed E-state index contributed by atoms with van der Waals surface area (Å²) in [6.45, 7) is 5.71. The molecule has 2 aromatic rings. The Hall–Kier alpha value is -1.93. The van der Waals surface area contributed by atoms with Crippen LogP contribution in [0.4, 0.5) is 5.82 Å². The first-order chi connectivity index (χ1) is 15.4. The molecule has 32 heavy (non-hydrogen) atoms. The zero-order chi connectivity index (χ0) is 22.7. The normalized spacial score (nSPS) is 18.7. The summed E-state index contributed by atoms with van der Waals surface area (Å²) < 4.78 is 0. The van der Waals surface area contributed by atoms with Gasteiger partial charge in [-0.1, -0.05) is 29.3 Å². The maximum atomic E-state index is 13.2. The van der Waals surface area contributed by atoms with Crippen LogP contribution in [0.25, 0.3) is 0 Å². The molecule has 172 valence electrons. The van der Waals surface area contributed by atoms with Crippen molar-refractivity contribution in [3.8, 4) is 0 Å². The van der Waals surface area contributed by atoms with Gasteiger partial charge in [0, 0.05) is 44.3 Å². The fourth-order valence-corrected chi connectivity index (χ4v) is 4.83. The highest BCUT2D eigenvalue weighted by atomic mass is 35.5. The maximum Gasteiger partial charge on any atom is 0.272 e. The summed E-state index contributed by atoms with van der Waals surface area (Å²) in [6.07, 6.45) is 4.87. The fourth-order valence-electron chi connectivity index (χ4n) is 4.51. The molecule has 1 aromatic heterocycles. The Morgan fingerprint density at radius 3 is 2.50 bits per heavy atom. The van der Waals surface area contributed by atoms with Gasteiger partial charge in [0.1, 0.15) is 17.8 Å². The van der Waals surface area contributed by atoms with E-state index in [1.807, 2.05) is 24.0 Å². The average molecular weight is 478 g/mol. The number of halogens is 2. The van der Waals surface area contributed by atoms with Crippen molar-refractivity contribution < 1.29 is 9.90 Å². The zero-order valence-corrected chi connectivity index (χ0v) is 19.7. The van der Waals surface area contributed by atoms with Gasteiger partial charge in [0.25, 0.3) is 5.91 Å². The van der Waals surface area contributed by atoms with E-state index in [2.05, 4.69) is 20.2 Å². The summed E-state index contributed by atoms with van der Waals surface area (Å²) in [5, 5.41) is 14.0. The number of anilines is 1. The lowest BCUT2D eigenvalue weighted by molar-refractivity contribution is 0.0355. The molecule has 2 fully saturated rings. The zero-order valence-electron chi connectivity index (χ0n) is 18.2. The van der Waals surface area contributed by atoms with Gasteiger partial charge in [-0.2, -0.15) is 0 Å². The summed E-state index contributed by atoms with van der Waals surface area (Å²) in [6, 6.07) is 5.96. The Labute approximate surface area is 198 Å². The topological polar surface area (TPSA) is 81.6 Å². The van der Waals surface area contributed by atoms with E-state index in [0.717, 1.165) is 63.0 Å². The molecule has 4 rings (SSSR count). The summed E-state index contributed by atoms with van der Waals surface area (Å²) in [7, 11) is 0. The third kappa shape index (κ3) is 5.34. The first-order valence-electron chi connectivity index (χ1n) is 11.1. The largest absolute Gasteiger partial charge is 0.393 e. The van der Waals surface area contributed by atoms with E-state index >= 15 is 0 Å². The van der Waals surface area contributed by atoms with Crippen LogP contribution in [-0.4, -0.2) is 69.1 Å². The second kappa shape index (κ2) is 10.3. The number of nitrogens with zero attached hydrogens (tertiary/aromatic N) is 4. The van der Waals surface area contributed by atoms with Crippen LogP contribution in [0.3, 0.4) is 0 Å². The average Bonchev–Trinajstić information content (AvgIpc) is 2.81. The lowest BCUT2D eigenvalue weighted by atomic mass is 9.98. The minimum absolute atomic E-state index is 0.0463. The van der Waals surface area contributed by atoms with Crippen LogP contribution < -0.4 is 5.32 Å². The number of hydrogen-bond acceptors (Lipinski definition) is 6. The second-order valence-corrected chi connectivity index (χ2v) is 9.40. The minimum atomic E-state index is -0.159. The van der Waals surface area contributed by atoms with Crippen LogP contribution in [0, 0.1) is 6.92 Å². The van der Waals surface area contributed by atoms with E-state index in [9.17, 15) is 9.90 Å². The Morgan fingerprint density at radius 1 is 1.09 bits per heavy atom. The number of aromatic nitrogens is 2. The van der Waals surface area contributed by atoms with Gasteiger partial charge in [0.2, 0.25) is 0 Å². The number of carbonyl (C=O) groups is 1. The molecule has 2 N–H and O–H groups in total. The molecular formula is C23H29Cl2N5O2. The van der Waals surface area contributed by atoms with E-state index in [1.165, 1.54) is 6.33 Å². The van der Waals surface area contributed by atoms with E-state index in [-0.39, 0.29) is 12.0 Å². The van der Waals surface area contributed by atoms with Crippen molar-refractivity contribution in [2.75, 3.05) is 31.5 Å². The number of aliphatic hydroxyl groups is 1. The molecule has 1 amide bonds. The molecule has 0 atom stereocenters. The summed E-state index contributed by atoms with van der Waals surface area (Å²) in [4.78, 5) is 26.2. The monoisotopic (exact) mass is 477 g/mol. The van der Waals surface area contributed by atoms with E-state index < -0.39 is 0 Å². The Kier molecular flexibility index (Phi) is 7.51. The number of aliphatic hydroxyl groups excluding tert-OH is 1. The highest BCUT2D eigenvalue weighted by Gasteiger charge is 2.30. The van der Waals surface area contributed by atoms with Gasteiger partial charge >= 0.3 is 0 Å². The number of carbonyl (C=O) groups excluding carboxylic acids is 1. The van der Waals surface area contributed by atoms with Crippen molar-refractivity contribution in [1.82, 2.24) is 19.8 Å². The third-order valence-electron chi connectivity index (χ3n) is 6.50. The quantitative estimate of drug-likeness (QED) is 0.681. The lowest BCUT2D eigenvalue weighted by Gasteiger charge is -2.41. The van der Waals surface area contributed by atoms with Crippen molar-refractivity contribution in [1.29, 1.82) is 0 Å². The standard InChI is InChI=1S/C23H29Cl2N5O2/c1-15-21(27-14-28-22(15)26-13-16-2-3-19(24)20(25)12-16)23(32)30-8-4-17(5-9-30)29-10-6-18(31)7-11-29/h2-3,12,14,17-18,31H,4-11,13H2,1H3,(H,26,27,28). The van der Waals surface area contributed by atoms with Gasteiger partial charge in [-0.3, -0.25) is 4.79 Å². The summed E-state index contributed by atoms with van der Waals surface area (Å²) in [5.41, 5.74) is 2.15. The van der Waals surface area contributed by atoms with Crippen LogP contribution in [-0.2, 0) is 6.54 Å². The Bertz CT molecular complexity index is 957. The van der Waals surface area contributed by atoms with E-state index in [1.54, 1.807) is 6.07 Å². The number of amides is 1. The number of rotatable bonds is 5. The second-order valence-electron chi connectivity index (χ2n) is 8.59. The molecule has 0 bridgehead atoms. The van der Waals surface area contributed by atoms with Crippen LogP contribution in [0.1, 0.15) is 47.3 Å². The predicted molar refractivity (Wildman–Crippen MR) is 126 cm³/mol. The number of likely N-dealkylation sites (tertiary alicyclic amines) is 2. The van der Waals surface area contributed by atoms with Gasteiger partial charge in [0.15, 0.2) is 0 Å². The lowest BCUT2D eigenvalue weighted by Crippen LogP contribution is -2.49. The molecule has 0 saturated carbocycles. The molecule has 9 heteroatoms. The highest BCUT2D eigenvalue weighted by Crippen LogP contribution is 2.25.